The van der Waals surface area contributed by atoms with Crippen LogP contribution in [0.2, 0.25) is 0 Å². The van der Waals surface area contributed by atoms with Crippen molar-refractivity contribution >= 4 is 11.5 Å². The average Bonchev–Trinajstić information content (AvgIpc) is 2.92. The van der Waals surface area contributed by atoms with Crippen LogP contribution in [0.3, 0.4) is 0 Å². The van der Waals surface area contributed by atoms with Gasteiger partial charge in [-0.2, -0.15) is 5.26 Å². The van der Waals surface area contributed by atoms with Gasteiger partial charge >= 0.3 is 0 Å². The monoisotopic (exact) mass is 261 g/mol. The summed E-state index contributed by atoms with van der Waals surface area (Å²) in [6.07, 6.45) is 4.48. The first-order chi connectivity index (χ1) is 9.20. The normalized spacial score (nSPS) is 17.9. The van der Waals surface area contributed by atoms with Crippen LogP contribution in [0.5, 0.6) is 0 Å². The molecule has 1 saturated heterocycles. The average molecular weight is 261 g/mol. The Kier molecular flexibility index (Phi) is 4.26. The number of anilines is 1. The summed E-state index contributed by atoms with van der Waals surface area (Å²) < 4.78 is 0. The topological polar surface area (TPSA) is 104 Å². The van der Waals surface area contributed by atoms with E-state index in [1.54, 1.807) is 0 Å². The highest BCUT2D eigenvalue weighted by atomic mass is 16.6. The molecule has 1 aromatic heterocycles. The third-order valence-corrected chi connectivity index (χ3v) is 3.15. The Balaban J connectivity index is 1.95. The van der Waals surface area contributed by atoms with Gasteiger partial charge in [-0.15, -0.1) is 0 Å². The van der Waals surface area contributed by atoms with Gasteiger partial charge in [0.25, 0.3) is 5.69 Å². The third kappa shape index (κ3) is 3.39. The van der Waals surface area contributed by atoms with Gasteiger partial charge in [-0.3, -0.25) is 10.1 Å². The molecule has 1 fully saturated rings. The molecule has 7 heteroatoms. The van der Waals surface area contributed by atoms with Gasteiger partial charge < -0.3 is 10.6 Å². The fraction of sp³-hybridized carbons (Fsp3) is 0.500. The number of hydrogen-bond donors (Lipinski definition) is 2. The second kappa shape index (κ2) is 6.11. The number of aromatic nitrogens is 1. The van der Waals surface area contributed by atoms with Crippen molar-refractivity contribution in [3.8, 4) is 6.07 Å². The minimum atomic E-state index is -0.555. The molecule has 0 unspecified atom stereocenters. The molecule has 1 atom stereocenters. The number of nitrogens with one attached hydrogen (secondary N) is 2. The van der Waals surface area contributed by atoms with Crippen LogP contribution < -0.4 is 10.6 Å². The van der Waals surface area contributed by atoms with Crippen molar-refractivity contribution in [2.45, 2.75) is 25.3 Å². The first-order valence-corrected chi connectivity index (χ1v) is 6.22. The number of hydrogen-bond acceptors (Lipinski definition) is 6. The van der Waals surface area contributed by atoms with Gasteiger partial charge in [0, 0.05) is 18.7 Å². The predicted molar refractivity (Wildman–Crippen MR) is 69.7 cm³/mol. The molecule has 0 amide bonds. The maximum absolute atomic E-state index is 10.6. The van der Waals surface area contributed by atoms with Crippen molar-refractivity contribution in [1.82, 2.24) is 10.3 Å². The Bertz CT molecular complexity index is 505. The summed E-state index contributed by atoms with van der Waals surface area (Å²) in [5.74, 6) is 0.408. The molecule has 2 rings (SSSR count). The van der Waals surface area contributed by atoms with Crippen LogP contribution in [-0.2, 0) is 0 Å². The van der Waals surface area contributed by atoms with Crippen molar-refractivity contribution < 1.29 is 4.92 Å². The molecule has 0 aliphatic carbocycles. The zero-order valence-corrected chi connectivity index (χ0v) is 10.4. The van der Waals surface area contributed by atoms with Crippen LogP contribution in [0.25, 0.3) is 0 Å². The summed E-state index contributed by atoms with van der Waals surface area (Å²) in [6.45, 7) is 1.75. The van der Waals surface area contributed by atoms with E-state index in [9.17, 15) is 10.1 Å². The molecular formula is C12H15N5O2. The predicted octanol–water partition coefficient (Wildman–Crippen LogP) is 1.42. The van der Waals surface area contributed by atoms with Crippen LogP contribution in [-0.4, -0.2) is 29.0 Å². The zero-order valence-electron chi connectivity index (χ0n) is 10.4. The number of nitro groups is 1. The third-order valence-electron chi connectivity index (χ3n) is 3.15. The molecule has 2 heterocycles. The summed E-state index contributed by atoms with van der Waals surface area (Å²) in [5, 5.41) is 26.0. The van der Waals surface area contributed by atoms with E-state index in [2.05, 4.69) is 15.6 Å². The van der Waals surface area contributed by atoms with Crippen molar-refractivity contribution in [2.24, 2.45) is 0 Å². The first kappa shape index (κ1) is 13.2. The van der Waals surface area contributed by atoms with Crippen molar-refractivity contribution in [1.29, 1.82) is 5.26 Å². The molecule has 1 aromatic rings. The summed E-state index contributed by atoms with van der Waals surface area (Å²) in [6, 6.07) is 3.67. The number of nitrogens with zero attached hydrogens (tertiary/aromatic N) is 3. The molecule has 7 nitrogen and oxygen atoms in total. The highest BCUT2D eigenvalue weighted by Gasteiger charge is 2.15. The molecular weight excluding hydrogens is 246 g/mol. The molecule has 0 spiro atoms. The van der Waals surface area contributed by atoms with Crippen molar-refractivity contribution in [2.75, 3.05) is 18.4 Å². The lowest BCUT2D eigenvalue weighted by Crippen LogP contribution is -2.24. The quantitative estimate of drug-likeness (QED) is 0.613. The largest absolute Gasteiger partial charge is 0.369 e. The van der Waals surface area contributed by atoms with Gasteiger partial charge in [-0.25, -0.2) is 4.98 Å². The maximum Gasteiger partial charge on any atom is 0.289 e. The lowest BCUT2D eigenvalue weighted by molar-refractivity contribution is -0.385. The van der Waals surface area contributed by atoms with Crippen molar-refractivity contribution in [3.05, 3.63) is 27.9 Å². The second-order valence-electron chi connectivity index (χ2n) is 4.47. The molecule has 100 valence electrons. The lowest BCUT2D eigenvalue weighted by Gasteiger charge is -2.11. The summed E-state index contributed by atoms with van der Waals surface area (Å²) in [4.78, 5) is 14.0. The van der Waals surface area contributed by atoms with E-state index in [-0.39, 0.29) is 11.3 Å². The first-order valence-electron chi connectivity index (χ1n) is 6.22. The van der Waals surface area contributed by atoms with Gasteiger partial charge in [-0.1, -0.05) is 0 Å². The minimum absolute atomic E-state index is 0.167. The Hall–Kier alpha value is -2.20. The van der Waals surface area contributed by atoms with E-state index in [1.165, 1.54) is 18.9 Å². The molecule has 1 aliphatic heterocycles. The van der Waals surface area contributed by atoms with Crippen LogP contribution in [0.4, 0.5) is 11.5 Å². The fourth-order valence-electron chi connectivity index (χ4n) is 2.15. The second-order valence-corrected chi connectivity index (χ2v) is 4.47. The summed E-state index contributed by atoms with van der Waals surface area (Å²) >= 11 is 0. The molecule has 19 heavy (non-hydrogen) atoms. The molecule has 0 aromatic carbocycles. The highest BCUT2D eigenvalue weighted by molar-refractivity contribution is 5.55. The van der Waals surface area contributed by atoms with E-state index in [4.69, 9.17) is 5.26 Å². The van der Waals surface area contributed by atoms with E-state index in [0.29, 0.717) is 18.4 Å². The van der Waals surface area contributed by atoms with Gasteiger partial charge in [-0.05, 0) is 25.8 Å². The number of pyridine rings is 1. The summed E-state index contributed by atoms with van der Waals surface area (Å²) in [5.41, 5.74) is 0.0353. The standard InChI is InChI=1S/C12H15N5O2/c13-7-9-6-11(17(18)19)8-16-12(9)15-5-3-10-2-1-4-14-10/h6,8,10,14H,1-5H2,(H,15,16)/t10-/m1/s1. The maximum atomic E-state index is 10.6. The number of rotatable bonds is 5. The Labute approximate surface area is 110 Å². The minimum Gasteiger partial charge on any atom is -0.369 e. The van der Waals surface area contributed by atoms with Crippen molar-refractivity contribution in [3.63, 3.8) is 0 Å². The lowest BCUT2D eigenvalue weighted by atomic mass is 10.1. The van der Waals surface area contributed by atoms with E-state index < -0.39 is 4.92 Å². The van der Waals surface area contributed by atoms with Crippen LogP contribution in [0.15, 0.2) is 12.3 Å². The van der Waals surface area contributed by atoms with E-state index in [1.807, 2.05) is 6.07 Å². The van der Waals surface area contributed by atoms with Gasteiger partial charge in [0.2, 0.25) is 0 Å². The molecule has 2 N–H and O–H groups in total. The summed E-state index contributed by atoms with van der Waals surface area (Å²) in [7, 11) is 0. The van der Waals surface area contributed by atoms with Crippen LogP contribution in [0.1, 0.15) is 24.8 Å². The fourth-order valence-corrected chi connectivity index (χ4v) is 2.15. The van der Waals surface area contributed by atoms with Gasteiger partial charge in [0.1, 0.15) is 23.6 Å². The van der Waals surface area contributed by atoms with Crippen LogP contribution in [0, 0.1) is 21.4 Å². The number of nitriles is 1. The Morgan fingerprint density at radius 2 is 2.53 bits per heavy atom. The molecule has 0 bridgehead atoms. The van der Waals surface area contributed by atoms with E-state index >= 15 is 0 Å². The van der Waals surface area contributed by atoms with E-state index in [0.717, 1.165) is 19.2 Å². The Morgan fingerprint density at radius 1 is 1.68 bits per heavy atom. The smallest absolute Gasteiger partial charge is 0.289 e. The zero-order chi connectivity index (χ0) is 13.7. The van der Waals surface area contributed by atoms with Gasteiger partial charge in [0.15, 0.2) is 0 Å². The highest BCUT2D eigenvalue weighted by Crippen LogP contribution is 2.18. The molecule has 1 aliphatic rings. The van der Waals surface area contributed by atoms with Crippen LogP contribution >= 0.6 is 0 Å². The Morgan fingerprint density at radius 3 is 3.16 bits per heavy atom. The molecule has 0 saturated carbocycles. The van der Waals surface area contributed by atoms with Gasteiger partial charge in [0.05, 0.1) is 4.92 Å². The molecule has 0 radical (unpaired) electrons. The SMILES string of the molecule is N#Cc1cc([N+](=O)[O-])cnc1NCC[C@H]1CCCN1.